The molecule has 30 heavy (non-hydrogen) atoms. The van der Waals surface area contributed by atoms with E-state index >= 15 is 0 Å². The second-order valence-electron chi connectivity index (χ2n) is 7.31. The standard InChI is InChI=1S/C26H22O4/c1-3-7-19(8-4-1)15-27-17-23-12-21-11-22-13-24(30-26(22)14-25(21)29-23)18-28-16-20-9-5-2-6-10-20/h1-14H,15-18H2. The van der Waals surface area contributed by atoms with Crippen molar-refractivity contribution in [1.29, 1.82) is 0 Å². The molecule has 0 spiro atoms. The smallest absolute Gasteiger partial charge is 0.138 e. The summed E-state index contributed by atoms with van der Waals surface area (Å²) >= 11 is 0. The maximum Gasteiger partial charge on any atom is 0.138 e. The van der Waals surface area contributed by atoms with E-state index in [1.54, 1.807) is 0 Å². The van der Waals surface area contributed by atoms with Gasteiger partial charge in [0.2, 0.25) is 0 Å². The summed E-state index contributed by atoms with van der Waals surface area (Å²) in [7, 11) is 0. The Kier molecular flexibility index (Phi) is 5.34. The van der Waals surface area contributed by atoms with Gasteiger partial charge in [-0.25, -0.2) is 0 Å². The minimum absolute atomic E-state index is 0.434. The number of hydrogen-bond acceptors (Lipinski definition) is 4. The molecule has 150 valence electrons. The van der Waals surface area contributed by atoms with Crippen LogP contribution in [0.2, 0.25) is 0 Å². The van der Waals surface area contributed by atoms with Gasteiger partial charge in [0, 0.05) is 16.8 Å². The highest BCUT2D eigenvalue weighted by atomic mass is 16.5. The van der Waals surface area contributed by atoms with Crippen molar-refractivity contribution in [1.82, 2.24) is 0 Å². The highest BCUT2D eigenvalue weighted by molar-refractivity contribution is 5.93. The van der Waals surface area contributed by atoms with E-state index in [1.165, 1.54) is 0 Å². The molecule has 0 radical (unpaired) electrons. The molecule has 4 heteroatoms. The predicted octanol–water partition coefficient (Wildman–Crippen LogP) is 6.61. The monoisotopic (exact) mass is 398 g/mol. The van der Waals surface area contributed by atoms with Gasteiger partial charge in [0.1, 0.15) is 35.9 Å². The molecule has 0 amide bonds. The van der Waals surface area contributed by atoms with Crippen LogP contribution in [0.1, 0.15) is 22.6 Å². The Labute approximate surface area is 174 Å². The molecule has 0 unspecified atom stereocenters. The quantitative estimate of drug-likeness (QED) is 0.295. The van der Waals surface area contributed by atoms with Crippen molar-refractivity contribution in [3.05, 3.63) is 108 Å². The number of furan rings is 2. The average molecular weight is 398 g/mol. The average Bonchev–Trinajstić information content (AvgIpc) is 3.35. The zero-order chi connectivity index (χ0) is 20.2. The summed E-state index contributed by atoms with van der Waals surface area (Å²) in [6, 6.07) is 28.3. The summed E-state index contributed by atoms with van der Waals surface area (Å²) in [5, 5.41) is 2.08. The van der Waals surface area contributed by atoms with Gasteiger partial charge in [-0.1, -0.05) is 60.7 Å². The molecule has 0 saturated heterocycles. The third-order valence-corrected chi connectivity index (χ3v) is 4.97. The summed E-state index contributed by atoms with van der Waals surface area (Å²) in [5.41, 5.74) is 3.89. The number of ether oxygens (including phenoxy) is 2. The van der Waals surface area contributed by atoms with Gasteiger partial charge in [0.25, 0.3) is 0 Å². The summed E-state index contributed by atoms with van der Waals surface area (Å²) in [5.74, 6) is 1.61. The van der Waals surface area contributed by atoms with E-state index in [4.69, 9.17) is 18.3 Å². The van der Waals surface area contributed by atoms with E-state index in [-0.39, 0.29) is 0 Å². The van der Waals surface area contributed by atoms with Crippen LogP contribution in [0, 0.1) is 0 Å². The predicted molar refractivity (Wildman–Crippen MR) is 116 cm³/mol. The Bertz CT molecular complexity index is 1090. The van der Waals surface area contributed by atoms with Gasteiger partial charge < -0.3 is 18.3 Å². The van der Waals surface area contributed by atoms with Gasteiger partial charge in [-0.2, -0.15) is 0 Å². The molecule has 2 heterocycles. The molecule has 4 nitrogen and oxygen atoms in total. The third-order valence-electron chi connectivity index (χ3n) is 4.97. The van der Waals surface area contributed by atoms with Crippen molar-refractivity contribution in [3.63, 3.8) is 0 Å². The maximum absolute atomic E-state index is 5.95. The fourth-order valence-electron chi connectivity index (χ4n) is 3.52. The highest BCUT2D eigenvalue weighted by Gasteiger charge is 2.10. The Morgan fingerprint density at radius 2 is 0.967 bits per heavy atom. The Balaban J connectivity index is 1.23. The van der Waals surface area contributed by atoms with Gasteiger partial charge in [0.05, 0.1) is 13.2 Å². The minimum Gasteiger partial charge on any atom is -0.458 e. The van der Waals surface area contributed by atoms with Gasteiger partial charge in [-0.3, -0.25) is 0 Å². The molecule has 0 atom stereocenters. The van der Waals surface area contributed by atoms with Crippen LogP contribution < -0.4 is 0 Å². The lowest BCUT2D eigenvalue weighted by Gasteiger charge is -2.01. The minimum atomic E-state index is 0.434. The van der Waals surface area contributed by atoms with Crippen molar-refractivity contribution < 1.29 is 18.3 Å². The topological polar surface area (TPSA) is 44.7 Å². The van der Waals surface area contributed by atoms with Crippen molar-refractivity contribution in [3.8, 4) is 0 Å². The molecule has 0 aliphatic heterocycles. The van der Waals surface area contributed by atoms with Crippen molar-refractivity contribution >= 4 is 21.9 Å². The fraction of sp³-hybridized carbons (Fsp3) is 0.154. The second kappa shape index (κ2) is 8.57. The molecule has 0 fully saturated rings. The molecule has 0 bridgehead atoms. The number of hydrogen-bond donors (Lipinski definition) is 0. The number of rotatable bonds is 8. The largest absolute Gasteiger partial charge is 0.458 e. The first kappa shape index (κ1) is 18.7. The Hall–Kier alpha value is -3.34. The molecular formula is C26H22O4. The SMILES string of the molecule is c1ccc(COCc2cc3cc4cc(COCc5ccccc5)oc4cc3o2)cc1. The first-order valence-corrected chi connectivity index (χ1v) is 10.0. The van der Waals surface area contributed by atoms with Crippen LogP contribution in [0.4, 0.5) is 0 Å². The number of fused-ring (bicyclic) bond motifs is 2. The summed E-state index contributed by atoms with van der Waals surface area (Å²) < 4.78 is 23.5. The van der Waals surface area contributed by atoms with Crippen LogP contribution in [0.5, 0.6) is 0 Å². The van der Waals surface area contributed by atoms with Gasteiger partial charge in [0.15, 0.2) is 0 Å². The van der Waals surface area contributed by atoms with Gasteiger partial charge >= 0.3 is 0 Å². The lowest BCUT2D eigenvalue weighted by atomic mass is 10.2. The summed E-state index contributed by atoms with van der Waals surface area (Å²) in [4.78, 5) is 0. The van der Waals surface area contributed by atoms with Crippen molar-refractivity contribution in [2.45, 2.75) is 26.4 Å². The third kappa shape index (κ3) is 4.30. The molecule has 0 N–H and O–H groups in total. The maximum atomic E-state index is 5.95. The lowest BCUT2D eigenvalue weighted by Crippen LogP contribution is -1.92. The molecule has 2 aromatic heterocycles. The van der Waals surface area contributed by atoms with E-state index in [9.17, 15) is 0 Å². The van der Waals surface area contributed by atoms with E-state index in [1.807, 2.05) is 78.9 Å². The molecule has 5 rings (SSSR count). The van der Waals surface area contributed by atoms with Crippen LogP contribution >= 0.6 is 0 Å². The van der Waals surface area contributed by atoms with Crippen LogP contribution in [-0.2, 0) is 35.9 Å². The van der Waals surface area contributed by atoms with Gasteiger partial charge in [-0.15, -0.1) is 0 Å². The zero-order valence-corrected chi connectivity index (χ0v) is 16.5. The van der Waals surface area contributed by atoms with Crippen LogP contribution in [0.25, 0.3) is 21.9 Å². The van der Waals surface area contributed by atoms with Crippen LogP contribution in [0.3, 0.4) is 0 Å². The van der Waals surface area contributed by atoms with E-state index in [0.717, 1.165) is 44.6 Å². The molecular weight excluding hydrogens is 376 g/mol. The first-order chi connectivity index (χ1) is 14.8. The van der Waals surface area contributed by atoms with Gasteiger partial charge in [-0.05, 0) is 29.3 Å². The molecule has 0 aliphatic rings. The second-order valence-corrected chi connectivity index (χ2v) is 7.31. The van der Waals surface area contributed by atoms with E-state index in [2.05, 4.69) is 6.07 Å². The van der Waals surface area contributed by atoms with E-state index < -0.39 is 0 Å². The lowest BCUT2D eigenvalue weighted by molar-refractivity contribution is 0.0938. The summed E-state index contributed by atoms with van der Waals surface area (Å²) in [6.45, 7) is 1.99. The van der Waals surface area contributed by atoms with Crippen molar-refractivity contribution in [2.24, 2.45) is 0 Å². The molecule has 0 aliphatic carbocycles. The normalized spacial score (nSPS) is 11.5. The van der Waals surface area contributed by atoms with Crippen LogP contribution in [-0.4, -0.2) is 0 Å². The fourth-order valence-corrected chi connectivity index (χ4v) is 3.52. The Morgan fingerprint density at radius 1 is 0.500 bits per heavy atom. The van der Waals surface area contributed by atoms with Crippen molar-refractivity contribution in [2.75, 3.05) is 0 Å². The molecule has 0 saturated carbocycles. The molecule has 3 aromatic carbocycles. The van der Waals surface area contributed by atoms with Crippen LogP contribution in [0.15, 0.2) is 93.8 Å². The highest BCUT2D eigenvalue weighted by Crippen LogP contribution is 2.29. The zero-order valence-electron chi connectivity index (χ0n) is 16.5. The Morgan fingerprint density at radius 3 is 1.43 bits per heavy atom. The molecule has 5 aromatic rings. The van der Waals surface area contributed by atoms with E-state index in [0.29, 0.717) is 26.4 Å². The number of benzene rings is 3. The summed E-state index contributed by atoms with van der Waals surface area (Å²) in [6.07, 6.45) is 0. The first-order valence-electron chi connectivity index (χ1n) is 10.0.